The van der Waals surface area contributed by atoms with Gasteiger partial charge in [-0.3, -0.25) is 9.59 Å². The number of aromatic amines is 1. The molecule has 0 unspecified atom stereocenters. The molecule has 5 heteroatoms. The van der Waals surface area contributed by atoms with Gasteiger partial charge in [-0.25, -0.2) is 0 Å². The van der Waals surface area contributed by atoms with Gasteiger partial charge in [0.1, 0.15) is 6.04 Å². The minimum Gasteiger partial charge on any atom is -0.361 e. The summed E-state index contributed by atoms with van der Waals surface area (Å²) in [5, 5.41) is 4.27. The highest BCUT2D eigenvalue weighted by molar-refractivity contribution is 5.91. The van der Waals surface area contributed by atoms with Crippen molar-refractivity contribution in [3.05, 3.63) is 36.0 Å². The Labute approximate surface area is 141 Å². The molecule has 1 saturated heterocycles. The first-order valence-corrected chi connectivity index (χ1v) is 8.87. The smallest absolute Gasteiger partial charge is 0.243 e. The molecule has 1 aliphatic carbocycles. The second kappa shape index (κ2) is 6.30. The number of carbonyl (C=O) groups excluding carboxylic acids is 2. The van der Waals surface area contributed by atoms with Crippen molar-refractivity contribution in [1.82, 2.24) is 15.2 Å². The molecule has 24 heavy (non-hydrogen) atoms. The molecule has 0 bridgehead atoms. The van der Waals surface area contributed by atoms with Crippen molar-refractivity contribution in [3.8, 4) is 0 Å². The monoisotopic (exact) mass is 325 g/mol. The van der Waals surface area contributed by atoms with Gasteiger partial charge in [0.05, 0.1) is 0 Å². The van der Waals surface area contributed by atoms with E-state index in [1.807, 2.05) is 24.4 Å². The minimum absolute atomic E-state index is 0.0209. The fourth-order valence-corrected chi connectivity index (χ4v) is 4.02. The van der Waals surface area contributed by atoms with Gasteiger partial charge in [-0.05, 0) is 30.9 Å². The summed E-state index contributed by atoms with van der Waals surface area (Å²) in [5.74, 6) is 0.0967. The van der Waals surface area contributed by atoms with E-state index in [1.165, 1.54) is 12.8 Å². The van der Waals surface area contributed by atoms with Gasteiger partial charge in [-0.2, -0.15) is 0 Å². The molecule has 1 saturated carbocycles. The Morgan fingerprint density at radius 2 is 2.00 bits per heavy atom. The van der Waals surface area contributed by atoms with Gasteiger partial charge >= 0.3 is 0 Å². The second-order valence-electron chi connectivity index (χ2n) is 6.93. The van der Waals surface area contributed by atoms with E-state index in [0.717, 1.165) is 29.3 Å². The van der Waals surface area contributed by atoms with Gasteiger partial charge < -0.3 is 15.2 Å². The third-order valence-electron chi connectivity index (χ3n) is 5.35. The molecule has 1 aromatic carbocycles. The number of hydrogen-bond donors (Lipinski definition) is 2. The molecule has 1 atom stereocenters. The molecule has 126 valence electrons. The fourth-order valence-electron chi connectivity index (χ4n) is 4.02. The lowest BCUT2D eigenvalue weighted by molar-refractivity contribution is -0.136. The van der Waals surface area contributed by atoms with E-state index in [2.05, 4.69) is 16.4 Å². The molecular formula is C19H23N3O2. The van der Waals surface area contributed by atoms with Crippen LogP contribution < -0.4 is 5.32 Å². The number of nitrogens with zero attached hydrogens (tertiary/aromatic N) is 1. The number of aromatic nitrogens is 1. The zero-order valence-electron chi connectivity index (χ0n) is 13.8. The number of benzene rings is 1. The molecule has 2 aromatic rings. The Bertz CT molecular complexity index is 761. The molecule has 0 radical (unpaired) electrons. The van der Waals surface area contributed by atoms with Crippen molar-refractivity contribution in [3.63, 3.8) is 0 Å². The highest BCUT2D eigenvalue weighted by Gasteiger charge is 2.37. The van der Waals surface area contributed by atoms with E-state index in [1.54, 1.807) is 4.90 Å². The summed E-state index contributed by atoms with van der Waals surface area (Å²) in [6.45, 7) is 0.492. The van der Waals surface area contributed by atoms with Gasteiger partial charge in [0, 0.05) is 36.1 Å². The van der Waals surface area contributed by atoms with Crippen LogP contribution in [0.25, 0.3) is 10.9 Å². The van der Waals surface area contributed by atoms with Crippen LogP contribution in [-0.2, 0) is 16.1 Å². The molecule has 0 spiro atoms. The zero-order chi connectivity index (χ0) is 16.5. The van der Waals surface area contributed by atoms with E-state index in [4.69, 9.17) is 0 Å². The molecule has 1 aliphatic heterocycles. The lowest BCUT2D eigenvalue weighted by Gasteiger charge is -2.25. The molecular weight excluding hydrogens is 302 g/mol. The zero-order valence-corrected chi connectivity index (χ0v) is 13.8. The summed E-state index contributed by atoms with van der Waals surface area (Å²) in [6, 6.07) is 8.02. The highest BCUT2D eigenvalue weighted by atomic mass is 16.2. The maximum atomic E-state index is 12.6. The van der Waals surface area contributed by atoms with Crippen LogP contribution in [-0.4, -0.2) is 33.8 Å². The normalized spacial score (nSPS) is 21.8. The summed E-state index contributed by atoms with van der Waals surface area (Å²) < 4.78 is 0. The van der Waals surface area contributed by atoms with Crippen LogP contribution in [0.3, 0.4) is 0 Å². The molecule has 2 heterocycles. The first-order valence-electron chi connectivity index (χ1n) is 8.87. The first kappa shape index (κ1) is 15.2. The average Bonchev–Trinajstić information content (AvgIpc) is 3.30. The summed E-state index contributed by atoms with van der Waals surface area (Å²) in [7, 11) is 0. The van der Waals surface area contributed by atoms with Crippen molar-refractivity contribution < 1.29 is 9.59 Å². The van der Waals surface area contributed by atoms with E-state index >= 15 is 0 Å². The summed E-state index contributed by atoms with van der Waals surface area (Å²) in [6.07, 6.45) is 7.54. The number of carbonyl (C=O) groups is 2. The SMILES string of the molecule is O=C(NC1CCCC1)[C@@H]1CCC(=O)N1Cc1c[nH]c2ccccc12. The number of nitrogens with one attached hydrogen (secondary N) is 2. The van der Waals surface area contributed by atoms with Crippen molar-refractivity contribution in [2.75, 3.05) is 0 Å². The predicted octanol–water partition coefficient (Wildman–Crippen LogP) is 2.72. The summed E-state index contributed by atoms with van der Waals surface area (Å²) in [4.78, 5) is 30.0. The van der Waals surface area contributed by atoms with Gasteiger partial charge in [-0.15, -0.1) is 0 Å². The van der Waals surface area contributed by atoms with Gasteiger partial charge in [0.25, 0.3) is 0 Å². The van der Waals surface area contributed by atoms with Crippen LogP contribution >= 0.6 is 0 Å². The largest absolute Gasteiger partial charge is 0.361 e. The summed E-state index contributed by atoms with van der Waals surface area (Å²) in [5.41, 5.74) is 2.13. The Hall–Kier alpha value is -2.30. The summed E-state index contributed by atoms with van der Waals surface area (Å²) >= 11 is 0. The Balaban J connectivity index is 1.51. The number of likely N-dealkylation sites (tertiary alicyclic amines) is 1. The van der Waals surface area contributed by atoms with E-state index in [0.29, 0.717) is 25.4 Å². The van der Waals surface area contributed by atoms with E-state index in [-0.39, 0.29) is 17.9 Å². The Morgan fingerprint density at radius 3 is 2.83 bits per heavy atom. The van der Waals surface area contributed by atoms with Gasteiger partial charge in [-0.1, -0.05) is 31.0 Å². The number of rotatable bonds is 4. The maximum absolute atomic E-state index is 12.6. The second-order valence-corrected chi connectivity index (χ2v) is 6.93. The van der Waals surface area contributed by atoms with Gasteiger partial charge in [0.15, 0.2) is 0 Å². The Morgan fingerprint density at radius 1 is 1.21 bits per heavy atom. The van der Waals surface area contributed by atoms with E-state index < -0.39 is 0 Å². The average molecular weight is 325 g/mol. The molecule has 2 amide bonds. The van der Waals surface area contributed by atoms with Crippen molar-refractivity contribution in [2.45, 2.75) is 57.2 Å². The van der Waals surface area contributed by atoms with Crippen LogP contribution in [0.5, 0.6) is 0 Å². The maximum Gasteiger partial charge on any atom is 0.243 e. The van der Waals surface area contributed by atoms with Gasteiger partial charge in [0.2, 0.25) is 11.8 Å². The number of H-pyrrole nitrogens is 1. The quantitative estimate of drug-likeness (QED) is 0.908. The standard InChI is InChI=1S/C19H23N3O2/c23-18-10-9-17(19(24)21-14-5-1-2-6-14)22(18)12-13-11-20-16-8-4-3-7-15(13)16/h3-4,7-8,11,14,17,20H,1-2,5-6,9-10,12H2,(H,21,24)/t17-/m0/s1. The third kappa shape index (κ3) is 2.79. The Kier molecular flexibility index (Phi) is 4.00. The van der Waals surface area contributed by atoms with Crippen molar-refractivity contribution in [2.24, 2.45) is 0 Å². The number of amides is 2. The highest BCUT2D eigenvalue weighted by Crippen LogP contribution is 2.26. The van der Waals surface area contributed by atoms with Crippen LogP contribution in [0.15, 0.2) is 30.5 Å². The topological polar surface area (TPSA) is 65.2 Å². The number of hydrogen-bond acceptors (Lipinski definition) is 2. The molecule has 4 rings (SSSR count). The molecule has 2 N–H and O–H groups in total. The van der Waals surface area contributed by atoms with Crippen LogP contribution in [0.1, 0.15) is 44.1 Å². The predicted molar refractivity (Wildman–Crippen MR) is 92.3 cm³/mol. The fraction of sp³-hybridized carbons (Fsp3) is 0.474. The lowest BCUT2D eigenvalue weighted by atomic mass is 10.1. The van der Waals surface area contributed by atoms with Crippen molar-refractivity contribution in [1.29, 1.82) is 0 Å². The van der Waals surface area contributed by atoms with Crippen molar-refractivity contribution >= 4 is 22.7 Å². The van der Waals surface area contributed by atoms with Crippen LogP contribution in [0, 0.1) is 0 Å². The molecule has 5 nitrogen and oxygen atoms in total. The van der Waals surface area contributed by atoms with Crippen LogP contribution in [0.2, 0.25) is 0 Å². The third-order valence-corrected chi connectivity index (χ3v) is 5.35. The minimum atomic E-state index is -0.327. The number of fused-ring (bicyclic) bond motifs is 1. The lowest BCUT2D eigenvalue weighted by Crippen LogP contribution is -2.47. The number of para-hydroxylation sites is 1. The molecule has 2 fully saturated rings. The van der Waals surface area contributed by atoms with Crippen LogP contribution in [0.4, 0.5) is 0 Å². The first-order chi connectivity index (χ1) is 11.7. The molecule has 1 aromatic heterocycles. The molecule has 2 aliphatic rings. The van der Waals surface area contributed by atoms with E-state index in [9.17, 15) is 9.59 Å².